The van der Waals surface area contributed by atoms with E-state index in [9.17, 15) is 13.4 Å². The smallest absolute Gasteiger partial charge is 0.316 e. The van der Waals surface area contributed by atoms with Crippen LogP contribution in [0.15, 0.2) is 33.5 Å². The molecular formula is C22H27FN4O2S. The Morgan fingerprint density at radius 3 is 2.30 bits per heavy atom. The molecule has 30 heavy (non-hydrogen) atoms. The third-order valence-electron chi connectivity index (χ3n) is 5.87. The number of aryl methyl sites for hydroxylation is 2. The Balaban J connectivity index is 1.68. The highest BCUT2D eigenvalue weighted by Gasteiger charge is 2.26. The van der Waals surface area contributed by atoms with Gasteiger partial charge in [-0.25, -0.2) is 18.1 Å². The molecule has 2 aliphatic rings. The van der Waals surface area contributed by atoms with Gasteiger partial charge in [0, 0.05) is 12.2 Å². The zero-order valence-electron chi connectivity index (χ0n) is 17.3. The number of anilines is 1. The molecule has 1 unspecified atom stereocenters. The first-order valence-electron chi connectivity index (χ1n) is 10.3. The molecule has 2 amide bonds. The lowest BCUT2D eigenvalue weighted by atomic mass is 9.99. The van der Waals surface area contributed by atoms with Crippen molar-refractivity contribution in [2.24, 2.45) is 4.36 Å². The zero-order valence-corrected chi connectivity index (χ0v) is 18.1. The van der Waals surface area contributed by atoms with Crippen LogP contribution >= 0.6 is 0 Å². The molecule has 0 saturated heterocycles. The van der Waals surface area contributed by atoms with Gasteiger partial charge in [-0.15, -0.1) is 4.36 Å². The minimum Gasteiger partial charge on any atom is -0.316 e. The third kappa shape index (κ3) is 3.87. The number of benzene rings is 2. The maximum absolute atomic E-state index is 14.7. The summed E-state index contributed by atoms with van der Waals surface area (Å²) in [4.78, 5) is 12.7. The van der Waals surface area contributed by atoms with Crippen molar-refractivity contribution in [1.29, 1.82) is 0 Å². The number of rotatable bonds is 5. The molecule has 2 aromatic rings. The Labute approximate surface area is 177 Å². The Morgan fingerprint density at radius 1 is 1.07 bits per heavy atom. The van der Waals surface area contributed by atoms with Crippen LogP contribution in [0.5, 0.6) is 0 Å². The standard InChI is InChI=1S/C22H27FN4O2S/c1-24-13-14-9-10-20(19(23)11-14)30(29,25-2)27-22(28)26-21-17-7-3-5-15(17)12-16-6-4-8-18(16)21/h9-12,24H,3-8,13H2,1-2H3,(H2,25,26,27,28,29). The number of carbonyl (C=O) groups excluding carboxylic acids is 1. The van der Waals surface area contributed by atoms with Crippen LogP contribution < -0.4 is 15.4 Å². The van der Waals surface area contributed by atoms with E-state index in [1.165, 1.54) is 30.3 Å². The van der Waals surface area contributed by atoms with Gasteiger partial charge in [0.15, 0.2) is 0 Å². The van der Waals surface area contributed by atoms with Gasteiger partial charge in [0.05, 0.1) is 4.90 Å². The van der Waals surface area contributed by atoms with Crippen LogP contribution in [0.3, 0.4) is 0 Å². The SMILES string of the molecule is CNCc1ccc(S(=O)(=NC(=O)Nc2c3c(cc4c2CCC4)CCC3)NC)c(F)c1. The minimum absolute atomic E-state index is 0.122. The lowest BCUT2D eigenvalue weighted by Gasteiger charge is -2.16. The molecule has 2 aromatic carbocycles. The summed E-state index contributed by atoms with van der Waals surface area (Å²) in [5.41, 5.74) is 6.44. The van der Waals surface area contributed by atoms with E-state index in [1.807, 2.05) is 0 Å². The maximum atomic E-state index is 14.7. The monoisotopic (exact) mass is 430 g/mol. The van der Waals surface area contributed by atoms with Crippen molar-refractivity contribution in [3.8, 4) is 0 Å². The number of carbonyl (C=O) groups is 1. The molecule has 2 aliphatic carbocycles. The molecule has 160 valence electrons. The highest BCUT2D eigenvalue weighted by molar-refractivity contribution is 7.92. The summed E-state index contributed by atoms with van der Waals surface area (Å²) in [6.07, 6.45) is 5.99. The Bertz CT molecular complexity index is 1090. The van der Waals surface area contributed by atoms with Crippen LogP contribution in [-0.4, -0.2) is 24.3 Å². The first kappa shape index (κ1) is 21.0. The Hall–Kier alpha value is -2.29. The van der Waals surface area contributed by atoms with E-state index >= 15 is 0 Å². The molecular weight excluding hydrogens is 403 g/mol. The third-order valence-corrected chi connectivity index (χ3v) is 7.77. The van der Waals surface area contributed by atoms with E-state index in [2.05, 4.69) is 25.8 Å². The summed E-state index contributed by atoms with van der Waals surface area (Å²) in [6, 6.07) is 5.97. The first-order valence-corrected chi connectivity index (χ1v) is 11.8. The number of hydrogen-bond acceptors (Lipinski definition) is 3. The fourth-order valence-corrected chi connectivity index (χ4v) is 5.77. The lowest BCUT2D eigenvalue weighted by molar-refractivity contribution is 0.260. The fraction of sp³-hybridized carbons (Fsp3) is 0.409. The van der Waals surface area contributed by atoms with Crippen LogP contribution in [0.25, 0.3) is 0 Å². The fourth-order valence-electron chi connectivity index (χ4n) is 4.50. The molecule has 0 aromatic heterocycles. The van der Waals surface area contributed by atoms with Crippen molar-refractivity contribution in [1.82, 2.24) is 10.0 Å². The van der Waals surface area contributed by atoms with E-state index in [0.717, 1.165) is 60.9 Å². The summed E-state index contributed by atoms with van der Waals surface area (Å²) in [7, 11) is -0.270. The predicted octanol–water partition coefficient (Wildman–Crippen LogP) is 3.72. The molecule has 3 N–H and O–H groups in total. The normalized spacial score (nSPS) is 16.6. The summed E-state index contributed by atoms with van der Waals surface area (Å²) in [5.74, 6) is -0.653. The van der Waals surface area contributed by atoms with Gasteiger partial charge in [-0.1, -0.05) is 12.1 Å². The van der Waals surface area contributed by atoms with Gasteiger partial charge in [-0.05, 0) is 92.6 Å². The number of amides is 2. The molecule has 0 spiro atoms. The van der Waals surface area contributed by atoms with Crippen LogP contribution in [0.2, 0.25) is 0 Å². The van der Waals surface area contributed by atoms with E-state index in [0.29, 0.717) is 6.54 Å². The van der Waals surface area contributed by atoms with Gasteiger partial charge in [-0.2, -0.15) is 0 Å². The van der Waals surface area contributed by atoms with E-state index < -0.39 is 21.8 Å². The van der Waals surface area contributed by atoms with Crippen molar-refractivity contribution >= 4 is 21.6 Å². The second kappa shape index (κ2) is 8.45. The quantitative estimate of drug-likeness (QED) is 0.676. The van der Waals surface area contributed by atoms with Gasteiger partial charge in [0.2, 0.25) is 0 Å². The first-order chi connectivity index (χ1) is 14.4. The largest absolute Gasteiger partial charge is 0.354 e. The second-order valence-corrected chi connectivity index (χ2v) is 9.86. The zero-order chi connectivity index (χ0) is 21.3. The van der Waals surface area contributed by atoms with Crippen molar-refractivity contribution in [3.05, 3.63) is 57.9 Å². The van der Waals surface area contributed by atoms with Gasteiger partial charge in [0.1, 0.15) is 15.7 Å². The second-order valence-electron chi connectivity index (χ2n) is 7.78. The van der Waals surface area contributed by atoms with Gasteiger partial charge in [0.25, 0.3) is 0 Å². The number of nitrogens with zero attached hydrogens (tertiary/aromatic N) is 1. The lowest BCUT2D eigenvalue weighted by Crippen LogP contribution is -2.23. The summed E-state index contributed by atoms with van der Waals surface area (Å²) >= 11 is 0. The van der Waals surface area contributed by atoms with E-state index in [4.69, 9.17) is 0 Å². The molecule has 0 bridgehead atoms. The van der Waals surface area contributed by atoms with E-state index in [1.54, 1.807) is 13.1 Å². The average molecular weight is 431 g/mol. The number of fused-ring (bicyclic) bond motifs is 2. The molecule has 6 nitrogen and oxygen atoms in total. The van der Waals surface area contributed by atoms with E-state index in [-0.39, 0.29) is 4.90 Å². The van der Waals surface area contributed by atoms with Gasteiger partial charge >= 0.3 is 6.03 Å². The highest BCUT2D eigenvalue weighted by atomic mass is 32.2. The minimum atomic E-state index is -3.45. The van der Waals surface area contributed by atoms with Gasteiger partial charge < -0.3 is 10.6 Å². The average Bonchev–Trinajstić information content (AvgIpc) is 3.37. The van der Waals surface area contributed by atoms with Crippen LogP contribution in [0, 0.1) is 5.82 Å². The van der Waals surface area contributed by atoms with Crippen molar-refractivity contribution in [3.63, 3.8) is 0 Å². The Morgan fingerprint density at radius 2 is 1.73 bits per heavy atom. The van der Waals surface area contributed by atoms with Crippen LogP contribution in [0.4, 0.5) is 14.9 Å². The van der Waals surface area contributed by atoms with Gasteiger partial charge in [-0.3, -0.25) is 0 Å². The van der Waals surface area contributed by atoms with Crippen molar-refractivity contribution in [2.75, 3.05) is 19.4 Å². The predicted molar refractivity (Wildman–Crippen MR) is 117 cm³/mol. The maximum Gasteiger partial charge on any atom is 0.354 e. The van der Waals surface area contributed by atoms with Crippen LogP contribution in [0.1, 0.15) is 40.7 Å². The topological polar surface area (TPSA) is 82.6 Å². The molecule has 0 fully saturated rings. The Kier molecular flexibility index (Phi) is 5.90. The molecule has 0 heterocycles. The van der Waals surface area contributed by atoms with Crippen LogP contribution in [-0.2, 0) is 42.1 Å². The number of halogens is 1. The van der Waals surface area contributed by atoms with Crippen molar-refractivity contribution < 1.29 is 13.4 Å². The molecule has 4 rings (SSSR count). The summed E-state index contributed by atoms with van der Waals surface area (Å²) < 4.78 is 34.4. The molecule has 0 saturated carbocycles. The molecule has 8 heteroatoms. The highest BCUT2D eigenvalue weighted by Crippen LogP contribution is 2.38. The number of nitrogens with one attached hydrogen (secondary N) is 3. The molecule has 1 atom stereocenters. The van der Waals surface area contributed by atoms with Crippen molar-refractivity contribution in [2.45, 2.75) is 50.0 Å². The molecule has 0 radical (unpaired) electrons. The number of urea groups is 1. The molecule has 0 aliphatic heterocycles. The summed E-state index contributed by atoms with van der Waals surface area (Å²) in [6.45, 7) is 0.486. The number of hydrogen-bond donors (Lipinski definition) is 3. The summed E-state index contributed by atoms with van der Waals surface area (Å²) in [5, 5.41) is 5.84.